The third-order valence-electron chi connectivity index (χ3n) is 24.6. The lowest BCUT2D eigenvalue weighted by Gasteiger charge is -2.45. The number of Topliss-reactive ketones (excluding diaryl/α,β-unsaturated/α-hetero) is 5. The molecule has 6 atom stereocenters. The summed E-state index contributed by atoms with van der Waals surface area (Å²) in [5.41, 5.74) is 3.20. The van der Waals surface area contributed by atoms with Gasteiger partial charge in [-0.2, -0.15) is 0 Å². The summed E-state index contributed by atoms with van der Waals surface area (Å²) < 4.78 is 98.9. The Morgan fingerprint density at radius 3 is 0.693 bits per heavy atom. The number of halogens is 4. The molecular formula is C114H130F4O15Si4. The molecule has 0 heterocycles. The van der Waals surface area contributed by atoms with Crippen molar-refractivity contribution in [3.8, 4) is 0 Å². The SMILES string of the molecule is CC(=O)CC(=O)CCC(O[Si](c1ccccc1)(c1ccccc1)C(C)(C)C)c1ccc(F)cc1.CC(C)(C)[Si](OC(CCOC=O)c1ccc(F)cc1)(c1ccccc1)c1ccccc1.COC(C(=O)O)C(=O)CCC(O[Si](c1ccccc1)(c1ccccc1)C(C)(C)C)c1ccc(F)cc1.COC(C(C)=O)C(=O)CCC(O[Si](c1ccccc1)(c1ccccc1)C(C)(C)C)c1ccc(F)cc1. The van der Waals surface area contributed by atoms with Gasteiger partial charge in [-0.1, -0.05) is 374 Å². The van der Waals surface area contributed by atoms with Crippen LogP contribution in [0.3, 0.4) is 0 Å². The van der Waals surface area contributed by atoms with Crippen molar-refractivity contribution in [3.05, 3.63) is 385 Å². The van der Waals surface area contributed by atoms with E-state index in [9.17, 15) is 56.2 Å². The summed E-state index contributed by atoms with van der Waals surface area (Å²) >= 11 is 0. The van der Waals surface area contributed by atoms with E-state index in [1.165, 1.54) is 76.6 Å². The number of ketones is 5. The van der Waals surface area contributed by atoms with E-state index in [1.807, 2.05) is 146 Å². The van der Waals surface area contributed by atoms with E-state index in [0.717, 1.165) is 63.7 Å². The minimum Gasteiger partial charge on any atom is -0.479 e. The molecule has 12 aromatic carbocycles. The number of aliphatic carboxylic acids is 1. The molecule has 137 heavy (non-hydrogen) atoms. The summed E-state index contributed by atoms with van der Waals surface area (Å²) in [5.74, 6) is -4.05. The molecule has 0 aliphatic rings. The van der Waals surface area contributed by atoms with Gasteiger partial charge in [0.15, 0.2) is 23.5 Å². The first-order valence-corrected chi connectivity index (χ1v) is 53.9. The lowest BCUT2D eigenvalue weighted by atomic mass is 10.0. The van der Waals surface area contributed by atoms with Gasteiger partial charge in [0.05, 0.1) is 37.4 Å². The van der Waals surface area contributed by atoms with Crippen molar-refractivity contribution in [3.63, 3.8) is 0 Å². The maximum absolute atomic E-state index is 13.8. The normalized spacial score (nSPS) is 13.3. The third kappa shape index (κ3) is 28.3. The van der Waals surface area contributed by atoms with Crippen LogP contribution in [0.15, 0.2) is 340 Å². The van der Waals surface area contributed by atoms with Gasteiger partial charge in [-0.3, -0.25) is 28.8 Å². The zero-order valence-electron chi connectivity index (χ0n) is 81.4. The summed E-state index contributed by atoms with van der Waals surface area (Å²) in [5, 5.41) is 17.3. The Morgan fingerprint density at radius 1 is 0.307 bits per heavy atom. The highest BCUT2D eigenvalue weighted by atomic mass is 28.4. The Balaban J connectivity index is 0.000000205. The van der Waals surface area contributed by atoms with Gasteiger partial charge in [-0.05, 0) is 166 Å². The number of carboxylic acid groups (broad SMARTS) is 1. The maximum Gasteiger partial charge on any atom is 0.340 e. The van der Waals surface area contributed by atoms with Crippen molar-refractivity contribution < 1.29 is 88.1 Å². The average molecular weight is 1930 g/mol. The highest BCUT2D eigenvalue weighted by molar-refractivity contribution is 7.01. The Hall–Kier alpha value is -11.7. The number of carbonyl (C=O) groups excluding carboxylic acids is 6. The van der Waals surface area contributed by atoms with Crippen LogP contribution in [0.2, 0.25) is 20.2 Å². The number of hydrogen-bond donors (Lipinski definition) is 1. The average Bonchev–Trinajstić information content (AvgIpc) is 0.753. The van der Waals surface area contributed by atoms with E-state index in [1.54, 1.807) is 48.5 Å². The second-order valence-corrected chi connectivity index (χ2v) is 55.2. The molecule has 1 N–H and O–H groups in total. The molecule has 0 saturated heterocycles. The van der Waals surface area contributed by atoms with Crippen LogP contribution in [0, 0.1) is 23.3 Å². The standard InChI is InChI=1S/C30H35FO4Si.C29H33FO5Si.C29H33FO3Si.C26H29FO3Si/c1-22(32)29(34-5)27(33)20-21-28(23-16-18-24(31)19-17-23)35-36(30(2,3)4,25-12-8-6-9-13-25)26-14-10-7-11-15-26;1-29(2,3)36(23-11-7-5-8-12-23,24-13-9-6-10-14-24)35-26(21-15-17-22(30)18-16-21)20-19-25(31)27(34-4)28(32)33;1-22(31)21-25(32)19-20-28(23-15-17-24(30)18-16-23)33-34(29(2,3)4,26-11-7-5-8-12-26)27-13-9-6-10-14-27;1-26(2,3)31(23-10-6-4-7-11-23,24-12-8-5-9-13-24)30-25(18-19-29-20-28)21-14-16-22(27)17-15-21/h6-19,28-29H,20-21H2,1-5H3;5-18,26-27H,19-20H2,1-4H3,(H,32,33);5-18,28H,19-21H2,1-4H3;4-17,20,25H,18-19H2,1-3H3. The largest absolute Gasteiger partial charge is 0.479 e. The fraction of sp³-hybridized carbons (Fsp3) is 0.307. The number of hydrogen-bond acceptors (Lipinski definition) is 14. The summed E-state index contributed by atoms with van der Waals surface area (Å²) in [6.07, 6.45) is -2.84. The second kappa shape index (κ2) is 50.6. The first kappa shape index (κ1) is 109. The predicted molar refractivity (Wildman–Crippen MR) is 546 cm³/mol. The van der Waals surface area contributed by atoms with Gasteiger partial charge in [0, 0.05) is 39.9 Å². The van der Waals surface area contributed by atoms with Gasteiger partial charge in [0.25, 0.3) is 39.7 Å². The first-order valence-electron chi connectivity index (χ1n) is 46.3. The van der Waals surface area contributed by atoms with Crippen LogP contribution in [0.1, 0.15) is 195 Å². The lowest BCUT2D eigenvalue weighted by molar-refractivity contribution is -0.154. The molecule has 0 bridgehead atoms. The summed E-state index contributed by atoms with van der Waals surface area (Å²) in [4.78, 5) is 83.5. The quantitative estimate of drug-likeness (QED) is 0.0124. The van der Waals surface area contributed by atoms with E-state index in [4.69, 9.17) is 31.9 Å². The van der Waals surface area contributed by atoms with Crippen molar-refractivity contribution in [2.24, 2.45) is 0 Å². The van der Waals surface area contributed by atoms with Gasteiger partial charge < -0.3 is 37.0 Å². The molecule has 12 aromatic rings. The van der Waals surface area contributed by atoms with Crippen LogP contribution in [-0.4, -0.2) is 113 Å². The van der Waals surface area contributed by atoms with Crippen molar-refractivity contribution in [2.75, 3.05) is 20.8 Å². The maximum atomic E-state index is 13.8. The van der Waals surface area contributed by atoms with E-state index in [-0.39, 0.29) is 111 Å². The van der Waals surface area contributed by atoms with Gasteiger partial charge in [0.2, 0.25) is 6.10 Å². The molecular weight excluding hydrogens is 1800 g/mol. The van der Waals surface area contributed by atoms with Crippen LogP contribution in [0.5, 0.6) is 0 Å². The third-order valence-corrected chi connectivity index (χ3v) is 44.7. The first-order chi connectivity index (χ1) is 65.2. The van der Waals surface area contributed by atoms with Crippen LogP contribution in [0.4, 0.5) is 17.6 Å². The second-order valence-electron chi connectivity index (χ2n) is 38.2. The Labute approximate surface area is 810 Å². The molecule has 23 heteroatoms. The summed E-state index contributed by atoms with van der Waals surface area (Å²) in [7, 11) is -9.06. The van der Waals surface area contributed by atoms with Crippen molar-refractivity contribution in [2.45, 2.75) is 205 Å². The topological polar surface area (TPSA) is 204 Å². The molecule has 0 fully saturated rings. The monoisotopic (exact) mass is 1930 g/mol. The van der Waals surface area contributed by atoms with E-state index in [2.05, 4.69) is 180 Å². The highest BCUT2D eigenvalue weighted by Crippen LogP contribution is 2.46. The Bertz CT molecular complexity index is 5410. The zero-order chi connectivity index (χ0) is 99.8. The van der Waals surface area contributed by atoms with Gasteiger partial charge in [0.1, 0.15) is 34.8 Å². The summed E-state index contributed by atoms with van der Waals surface area (Å²) in [6, 6.07) is 107. The van der Waals surface area contributed by atoms with E-state index >= 15 is 0 Å². The van der Waals surface area contributed by atoms with E-state index < -0.39 is 75.5 Å². The number of benzene rings is 12. The fourth-order valence-electron chi connectivity index (χ4n) is 18.1. The molecule has 720 valence electrons. The molecule has 0 amide bonds. The fourth-order valence-corrected chi connectivity index (χ4v) is 36.9. The summed E-state index contributed by atoms with van der Waals surface area (Å²) in [6.45, 7) is 29.7. The van der Waals surface area contributed by atoms with Crippen molar-refractivity contribution >= 4 is 116 Å². The number of rotatable bonds is 41. The molecule has 0 aliphatic heterocycles. The molecule has 0 spiro atoms. The highest BCUT2D eigenvalue weighted by Gasteiger charge is 2.56. The minimum atomic E-state index is -2.99. The van der Waals surface area contributed by atoms with Crippen LogP contribution in [-0.2, 0) is 65.5 Å². The van der Waals surface area contributed by atoms with Gasteiger partial charge in [-0.25, -0.2) is 22.4 Å². The van der Waals surface area contributed by atoms with Crippen molar-refractivity contribution in [1.82, 2.24) is 0 Å². The molecule has 6 unspecified atom stereocenters. The van der Waals surface area contributed by atoms with Crippen LogP contribution >= 0.6 is 0 Å². The molecule has 12 rings (SSSR count). The smallest absolute Gasteiger partial charge is 0.340 e. The molecule has 0 aromatic heterocycles. The Kier molecular flexibility index (Phi) is 40.2. The number of ether oxygens (including phenoxy) is 3. The van der Waals surface area contributed by atoms with Crippen LogP contribution in [0.25, 0.3) is 0 Å². The number of carboxylic acids is 1. The van der Waals surface area contributed by atoms with Crippen molar-refractivity contribution in [1.29, 1.82) is 0 Å². The molecule has 0 saturated carbocycles. The Morgan fingerprint density at radius 2 is 0.511 bits per heavy atom. The van der Waals surface area contributed by atoms with Crippen LogP contribution < -0.4 is 41.5 Å². The minimum absolute atomic E-state index is 0.0644. The molecule has 15 nitrogen and oxygen atoms in total. The molecule has 0 aliphatic carbocycles. The molecule has 0 radical (unpaired) electrons. The van der Waals surface area contributed by atoms with E-state index in [0.29, 0.717) is 25.7 Å². The van der Waals surface area contributed by atoms with Gasteiger partial charge >= 0.3 is 5.97 Å². The lowest BCUT2D eigenvalue weighted by Crippen LogP contribution is -2.66. The number of carbonyl (C=O) groups is 7. The number of methoxy groups -OCH3 is 2. The predicted octanol–water partition coefficient (Wildman–Crippen LogP) is 21.1. The van der Waals surface area contributed by atoms with Gasteiger partial charge in [-0.15, -0.1) is 0 Å². The zero-order valence-corrected chi connectivity index (χ0v) is 85.4.